The molecule has 2 unspecified atom stereocenters. The number of carbonyl (C=O) groups is 2. The zero-order valence-electron chi connectivity index (χ0n) is 9.15. The number of carbonyl (C=O) groups excluding carboxylic acids is 1. The zero-order valence-corrected chi connectivity index (χ0v) is 9.15. The van der Waals surface area contributed by atoms with Crippen molar-refractivity contribution in [1.29, 1.82) is 0 Å². The lowest BCUT2D eigenvalue weighted by Crippen LogP contribution is -2.53. The highest BCUT2D eigenvalue weighted by atomic mass is 16.4. The number of amides is 1. The number of rotatable bonds is 5. The van der Waals surface area contributed by atoms with Gasteiger partial charge >= 0.3 is 5.97 Å². The predicted octanol–water partition coefficient (Wildman–Crippen LogP) is -1.08. The monoisotopic (exact) mass is 218 g/mol. The fraction of sp³-hybridized carbons (Fsp3) is 0.778. The molecular formula is C9H18N2O4. The Balaban J connectivity index is 4.57. The molecule has 0 aliphatic heterocycles. The van der Waals surface area contributed by atoms with E-state index in [1.165, 1.54) is 6.92 Å². The van der Waals surface area contributed by atoms with E-state index in [4.69, 9.17) is 15.9 Å². The molecule has 15 heavy (non-hydrogen) atoms. The minimum atomic E-state index is -1.30. The van der Waals surface area contributed by atoms with Gasteiger partial charge in [-0.1, -0.05) is 0 Å². The third-order valence-electron chi connectivity index (χ3n) is 2.16. The summed E-state index contributed by atoms with van der Waals surface area (Å²) in [6, 6.07) is -1.30. The Labute approximate surface area is 88.5 Å². The van der Waals surface area contributed by atoms with Crippen molar-refractivity contribution >= 4 is 11.9 Å². The molecule has 0 aromatic rings. The molecule has 0 radical (unpaired) electrons. The normalized spacial score (nSPS) is 15.5. The number of aliphatic carboxylic acids is 1. The maximum Gasteiger partial charge on any atom is 0.328 e. The third-order valence-corrected chi connectivity index (χ3v) is 2.16. The van der Waals surface area contributed by atoms with Crippen LogP contribution in [-0.4, -0.2) is 40.8 Å². The maximum atomic E-state index is 11.5. The van der Waals surface area contributed by atoms with Crippen molar-refractivity contribution in [1.82, 2.24) is 5.32 Å². The van der Waals surface area contributed by atoms with Gasteiger partial charge in [0.1, 0.15) is 0 Å². The molecule has 2 atom stereocenters. The Morgan fingerprint density at radius 2 is 1.93 bits per heavy atom. The second-order valence-electron chi connectivity index (χ2n) is 4.12. The van der Waals surface area contributed by atoms with Crippen molar-refractivity contribution in [2.24, 2.45) is 11.1 Å². The summed E-state index contributed by atoms with van der Waals surface area (Å²) in [5.41, 5.74) is 4.52. The van der Waals surface area contributed by atoms with E-state index in [-0.39, 0.29) is 6.54 Å². The lowest BCUT2D eigenvalue weighted by Gasteiger charge is -2.25. The van der Waals surface area contributed by atoms with E-state index in [0.717, 1.165) is 0 Å². The molecule has 0 bridgehead atoms. The maximum absolute atomic E-state index is 11.5. The highest BCUT2D eigenvalue weighted by Gasteiger charge is 2.32. The van der Waals surface area contributed by atoms with Crippen molar-refractivity contribution in [2.45, 2.75) is 32.9 Å². The van der Waals surface area contributed by atoms with Crippen LogP contribution in [0, 0.1) is 5.41 Å². The average molecular weight is 218 g/mol. The smallest absolute Gasteiger partial charge is 0.328 e. The van der Waals surface area contributed by atoms with Crippen molar-refractivity contribution in [3.63, 3.8) is 0 Å². The number of aliphatic hydroxyl groups excluding tert-OH is 1. The largest absolute Gasteiger partial charge is 0.480 e. The molecule has 0 fully saturated rings. The Morgan fingerprint density at radius 1 is 1.47 bits per heavy atom. The van der Waals surface area contributed by atoms with Gasteiger partial charge in [0.25, 0.3) is 0 Å². The molecule has 6 nitrogen and oxygen atoms in total. The van der Waals surface area contributed by atoms with Gasteiger partial charge < -0.3 is 21.3 Å². The van der Waals surface area contributed by atoms with Crippen LogP contribution in [0.3, 0.4) is 0 Å². The number of hydrogen-bond donors (Lipinski definition) is 4. The van der Waals surface area contributed by atoms with Crippen LogP contribution in [0.1, 0.15) is 20.8 Å². The van der Waals surface area contributed by atoms with Gasteiger partial charge in [0.2, 0.25) is 5.91 Å². The highest BCUT2D eigenvalue weighted by Crippen LogP contribution is 2.13. The summed E-state index contributed by atoms with van der Waals surface area (Å²) < 4.78 is 0. The Hall–Kier alpha value is -1.14. The van der Waals surface area contributed by atoms with Crippen LogP contribution < -0.4 is 11.1 Å². The lowest BCUT2D eigenvalue weighted by atomic mass is 9.92. The quantitative estimate of drug-likeness (QED) is 0.469. The predicted molar refractivity (Wildman–Crippen MR) is 54.1 cm³/mol. The van der Waals surface area contributed by atoms with Gasteiger partial charge in [-0.3, -0.25) is 4.79 Å². The molecule has 0 heterocycles. The lowest BCUT2D eigenvalue weighted by molar-refractivity contribution is -0.146. The molecular weight excluding hydrogens is 200 g/mol. The van der Waals surface area contributed by atoms with E-state index in [9.17, 15) is 9.59 Å². The number of carboxylic acid groups (broad SMARTS) is 1. The molecule has 1 amide bonds. The molecule has 0 saturated heterocycles. The molecule has 5 N–H and O–H groups in total. The van der Waals surface area contributed by atoms with Crippen LogP contribution in [0.5, 0.6) is 0 Å². The summed E-state index contributed by atoms with van der Waals surface area (Å²) in [5, 5.41) is 20.1. The summed E-state index contributed by atoms with van der Waals surface area (Å²) in [5.74, 6) is -1.76. The van der Waals surface area contributed by atoms with E-state index in [0.29, 0.717) is 0 Å². The number of nitrogens with one attached hydrogen (secondary N) is 1. The van der Waals surface area contributed by atoms with Gasteiger partial charge in [0, 0.05) is 6.54 Å². The first kappa shape index (κ1) is 13.9. The molecule has 0 saturated carbocycles. The van der Waals surface area contributed by atoms with Gasteiger partial charge in [-0.15, -0.1) is 0 Å². The summed E-state index contributed by atoms with van der Waals surface area (Å²) >= 11 is 0. The molecule has 0 aliphatic rings. The van der Waals surface area contributed by atoms with E-state index < -0.39 is 29.4 Å². The van der Waals surface area contributed by atoms with E-state index in [1.54, 1.807) is 13.8 Å². The second-order valence-corrected chi connectivity index (χ2v) is 4.12. The summed E-state index contributed by atoms with van der Waals surface area (Å²) in [6.45, 7) is 4.60. The number of nitrogens with two attached hydrogens (primary N) is 1. The number of hydrogen-bond acceptors (Lipinski definition) is 4. The number of carboxylic acids is 1. The van der Waals surface area contributed by atoms with Gasteiger partial charge in [-0.25, -0.2) is 4.79 Å². The van der Waals surface area contributed by atoms with Gasteiger partial charge in [-0.2, -0.15) is 0 Å². The average Bonchev–Trinajstić information content (AvgIpc) is 2.12. The highest BCUT2D eigenvalue weighted by molar-refractivity contribution is 5.87. The molecule has 0 aliphatic carbocycles. The van der Waals surface area contributed by atoms with Crippen LogP contribution in [0.15, 0.2) is 0 Å². The summed E-state index contributed by atoms with van der Waals surface area (Å²) in [4.78, 5) is 22.2. The van der Waals surface area contributed by atoms with Crippen LogP contribution in [0.4, 0.5) is 0 Å². The van der Waals surface area contributed by atoms with Crippen molar-refractivity contribution in [2.75, 3.05) is 6.54 Å². The molecule has 88 valence electrons. The molecule has 0 spiro atoms. The van der Waals surface area contributed by atoms with Crippen molar-refractivity contribution < 1.29 is 19.8 Å². The van der Waals surface area contributed by atoms with E-state index in [2.05, 4.69) is 5.32 Å². The van der Waals surface area contributed by atoms with Crippen molar-refractivity contribution in [3.8, 4) is 0 Å². The Bertz CT molecular complexity index is 250. The first-order chi connectivity index (χ1) is 6.72. The molecule has 0 aromatic carbocycles. The van der Waals surface area contributed by atoms with Crippen LogP contribution >= 0.6 is 0 Å². The SMILES string of the molecule is CC(O)C(NC(=O)C(C)(C)CN)C(=O)O. The molecule has 6 heteroatoms. The Kier molecular flexibility index (Phi) is 4.70. The van der Waals surface area contributed by atoms with Crippen LogP contribution in [-0.2, 0) is 9.59 Å². The summed E-state index contributed by atoms with van der Waals surface area (Å²) in [6.07, 6.45) is -1.15. The Morgan fingerprint density at radius 3 is 2.20 bits per heavy atom. The minimum absolute atomic E-state index is 0.102. The zero-order chi connectivity index (χ0) is 12.2. The van der Waals surface area contributed by atoms with Crippen molar-refractivity contribution in [3.05, 3.63) is 0 Å². The van der Waals surface area contributed by atoms with Gasteiger partial charge in [0.15, 0.2) is 6.04 Å². The topological polar surface area (TPSA) is 113 Å². The van der Waals surface area contributed by atoms with Crippen LogP contribution in [0.2, 0.25) is 0 Å². The van der Waals surface area contributed by atoms with E-state index in [1.807, 2.05) is 0 Å². The fourth-order valence-corrected chi connectivity index (χ4v) is 0.818. The van der Waals surface area contributed by atoms with Gasteiger partial charge in [0.05, 0.1) is 11.5 Å². The van der Waals surface area contributed by atoms with Crippen LogP contribution in [0.25, 0.3) is 0 Å². The fourth-order valence-electron chi connectivity index (χ4n) is 0.818. The minimum Gasteiger partial charge on any atom is -0.480 e. The first-order valence-corrected chi connectivity index (χ1v) is 4.64. The summed E-state index contributed by atoms with van der Waals surface area (Å²) in [7, 11) is 0. The van der Waals surface area contributed by atoms with Gasteiger partial charge in [-0.05, 0) is 20.8 Å². The molecule has 0 aromatic heterocycles. The first-order valence-electron chi connectivity index (χ1n) is 4.64. The second kappa shape index (κ2) is 5.09. The molecule has 0 rings (SSSR count). The standard InChI is InChI=1S/C9H18N2O4/c1-5(12)6(7(13)14)11-8(15)9(2,3)4-10/h5-6,12H,4,10H2,1-3H3,(H,11,15)(H,13,14). The number of aliphatic hydroxyl groups is 1. The van der Waals surface area contributed by atoms with E-state index >= 15 is 0 Å². The third kappa shape index (κ3) is 3.85.